The molecule has 0 aromatic carbocycles. The normalized spacial score (nSPS) is 15.7. The topological polar surface area (TPSA) is 52.0 Å². The molecule has 0 aliphatic carbocycles. The summed E-state index contributed by atoms with van der Waals surface area (Å²) in [5.41, 5.74) is 11.7. The summed E-state index contributed by atoms with van der Waals surface area (Å²) in [6.45, 7) is 2.78. The van der Waals surface area contributed by atoms with Gasteiger partial charge < -0.3 is 11.5 Å². The molecule has 13 heavy (non-hydrogen) atoms. The van der Waals surface area contributed by atoms with Crippen molar-refractivity contribution in [2.75, 3.05) is 6.54 Å². The quantitative estimate of drug-likeness (QED) is 0.876. The summed E-state index contributed by atoms with van der Waals surface area (Å²) < 4.78 is 1.13. The van der Waals surface area contributed by atoms with Gasteiger partial charge in [-0.1, -0.05) is 13.3 Å². The Balaban J connectivity index is 2.71. The van der Waals surface area contributed by atoms with E-state index in [1.165, 1.54) is 4.88 Å². The number of nitrogens with two attached hydrogens (primary N) is 2. The Morgan fingerprint density at radius 3 is 2.62 bits per heavy atom. The highest BCUT2D eigenvalue weighted by Gasteiger charge is 2.17. The van der Waals surface area contributed by atoms with Crippen LogP contribution in [0.2, 0.25) is 0 Å². The number of thiophene rings is 1. The highest BCUT2D eigenvalue weighted by molar-refractivity contribution is 9.11. The van der Waals surface area contributed by atoms with Gasteiger partial charge >= 0.3 is 0 Å². The predicted octanol–water partition coefficient (Wildman–Crippen LogP) is 2.50. The Kier molecular flexibility index (Phi) is 4.38. The van der Waals surface area contributed by atoms with Crippen LogP contribution in [0.25, 0.3) is 0 Å². The van der Waals surface area contributed by atoms with E-state index < -0.39 is 0 Å². The molecule has 1 aromatic heterocycles. The molecule has 0 fully saturated rings. The third-order valence-corrected chi connectivity index (χ3v) is 3.98. The Labute approximate surface area is 91.4 Å². The Bertz CT molecular complexity index is 258. The fourth-order valence-corrected chi connectivity index (χ4v) is 2.83. The van der Waals surface area contributed by atoms with Crippen molar-refractivity contribution in [3.05, 3.63) is 20.8 Å². The fraction of sp³-hybridized carbons (Fsp3) is 0.556. The maximum absolute atomic E-state index is 6.08. The summed E-state index contributed by atoms with van der Waals surface area (Å²) in [6.07, 6.45) is 1.03. The van der Waals surface area contributed by atoms with Gasteiger partial charge in [0.25, 0.3) is 0 Å². The summed E-state index contributed by atoms with van der Waals surface area (Å²) in [5.74, 6) is 0.394. The lowest BCUT2D eigenvalue weighted by molar-refractivity contribution is 0.433. The van der Waals surface area contributed by atoms with Crippen molar-refractivity contribution in [1.82, 2.24) is 0 Å². The van der Waals surface area contributed by atoms with Crippen molar-refractivity contribution in [3.63, 3.8) is 0 Å². The average Bonchev–Trinajstić information content (AvgIpc) is 2.54. The van der Waals surface area contributed by atoms with Crippen LogP contribution in [0.3, 0.4) is 0 Å². The summed E-state index contributed by atoms with van der Waals surface area (Å²) in [4.78, 5) is 1.21. The molecule has 4 heteroatoms. The van der Waals surface area contributed by atoms with Crippen molar-refractivity contribution in [2.45, 2.75) is 19.4 Å². The zero-order valence-electron chi connectivity index (χ0n) is 7.66. The fourth-order valence-electron chi connectivity index (χ4n) is 1.31. The van der Waals surface area contributed by atoms with Crippen LogP contribution in [0.1, 0.15) is 24.3 Å². The molecule has 1 rings (SSSR count). The van der Waals surface area contributed by atoms with Crippen LogP contribution >= 0.6 is 27.3 Å². The van der Waals surface area contributed by atoms with E-state index >= 15 is 0 Å². The molecule has 0 radical (unpaired) electrons. The monoisotopic (exact) mass is 262 g/mol. The maximum Gasteiger partial charge on any atom is 0.0701 e. The molecule has 0 aliphatic heterocycles. The molecule has 2 unspecified atom stereocenters. The number of hydrogen-bond acceptors (Lipinski definition) is 3. The third-order valence-electron chi connectivity index (χ3n) is 2.26. The summed E-state index contributed by atoms with van der Waals surface area (Å²) in [6, 6.07) is 4.19. The van der Waals surface area contributed by atoms with E-state index in [-0.39, 0.29) is 6.04 Å². The van der Waals surface area contributed by atoms with E-state index in [2.05, 4.69) is 28.9 Å². The number of rotatable bonds is 4. The number of hydrogen-bond donors (Lipinski definition) is 2. The van der Waals surface area contributed by atoms with Crippen molar-refractivity contribution < 1.29 is 0 Å². The van der Waals surface area contributed by atoms with Crippen LogP contribution in [-0.2, 0) is 0 Å². The van der Waals surface area contributed by atoms with Gasteiger partial charge in [-0.25, -0.2) is 0 Å². The van der Waals surface area contributed by atoms with Crippen molar-refractivity contribution in [3.8, 4) is 0 Å². The second kappa shape index (κ2) is 5.10. The van der Waals surface area contributed by atoms with Crippen molar-refractivity contribution in [1.29, 1.82) is 0 Å². The molecule has 74 valence electrons. The standard InChI is InChI=1S/C9H15BrN2S/c1-2-6(5-11)9(12)7-3-4-8(10)13-7/h3-4,6,9H,2,5,11-12H2,1H3. The van der Waals surface area contributed by atoms with Gasteiger partial charge in [-0.15, -0.1) is 11.3 Å². The SMILES string of the molecule is CCC(CN)C(N)c1ccc(Br)s1. The minimum atomic E-state index is 0.0892. The number of halogens is 1. The molecule has 0 saturated heterocycles. The summed E-state index contributed by atoms with van der Waals surface area (Å²) >= 11 is 5.12. The lowest BCUT2D eigenvalue weighted by Crippen LogP contribution is -2.26. The Morgan fingerprint density at radius 1 is 1.54 bits per heavy atom. The molecule has 2 nitrogen and oxygen atoms in total. The third kappa shape index (κ3) is 2.77. The summed E-state index contributed by atoms with van der Waals surface area (Å²) in [5, 5.41) is 0. The van der Waals surface area contributed by atoms with Crippen LogP contribution in [0, 0.1) is 5.92 Å². The second-order valence-corrected chi connectivity index (χ2v) is 5.57. The lowest BCUT2D eigenvalue weighted by atomic mass is 9.97. The van der Waals surface area contributed by atoms with E-state index in [4.69, 9.17) is 11.5 Å². The van der Waals surface area contributed by atoms with E-state index in [9.17, 15) is 0 Å². The first-order valence-electron chi connectivity index (χ1n) is 4.40. The van der Waals surface area contributed by atoms with Gasteiger partial charge in [0, 0.05) is 10.9 Å². The second-order valence-electron chi connectivity index (χ2n) is 3.07. The maximum atomic E-state index is 6.08. The smallest absolute Gasteiger partial charge is 0.0701 e. The van der Waals surface area contributed by atoms with Gasteiger partial charge in [-0.3, -0.25) is 0 Å². The van der Waals surface area contributed by atoms with Gasteiger partial charge in [0.15, 0.2) is 0 Å². The minimum Gasteiger partial charge on any atom is -0.330 e. The van der Waals surface area contributed by atoms with E-state index in [1.807, 2.05) is 6.07 Å². The Morgan fingerprint density at radius 2 is 2.23 bits per heavy atom. The zero-order valence-corrected chi connectivity index (χ0v) is 10.1. The average molecular weight is 263 g/mol. The molecule has 0 saturated carbocycles. The molecular formula is C9H15BrN2S. The van der Waals surface area contributed by atoms with E-state index in [0.717, 1.165) is 10.2 Å². The molecule has 1 aromatic rings. The predicted molar refractivity (Wildman–Crippen MR) is 61.8 cm³/mol. The van der Waals surface area contributed by atoms with Gasteiger partial charge in [0.1, 0.15) is 0 Å². The molecule has 0 aliphatic rings. The molecule has 0 amide bonds. The highest BCUT2D eigenvalue weighted by Crippen LogP contribution is 2.30. The minimum absolute atomic E-state index is 0.0892. The van der Waals surface area contributed by atoms with Crippen LogP contribution < -0.4 is 11.5 Å². The molecule has 0 spiro atoms. The van der Waals surface area contributed by atoms with Crippen molar-refractivity contribution >= 4 is 27.3 Å². The van der Waals surface area contributed by atoms with Crippen LogP contribution in [0.15, 0.2) is 15.9 Å². The largest absolute Gasteiger partial charge is 0.330 e. The first-order valence-corrected chi connectivity index (χ1v) is 6.00. The van der Waals surface area contributed by atoms with Crippen molar-refractivity contribution in [2.24, 2.45) is 17.4 Å². The van der Waals surface area contributed by atoms with Crippen LogP contribution in [-0.4, -0.2) is 6.54 Å². The van der Waals surface area contributed by atoms with Gasteiger partial charge in [-0.05, 0) is 40.5 Å². The van der Waals surface area contributed by atoms with Gasteiger partial charge in [0.2, 0.25) is 0 Å². The highest BCUT2D eigenvalue weighted by atomic mass is 79.9. The van der Waals surface area contributed by atoms with E-state index in [1.54, 1.807) is 11.3 Å². The Hall–Kier alpha value is 0.1000. The molecule has 4 N–H and O–H groups in total. The lowest BCUT2D eigenvalue weighted by Gasteiger charge is -2.19. The first-order chi connectivity index (χ1) is 6.19. The van der Waals surface area contributed by atoms with E-state index in [0.29, 0.717) is 12.5 Å². The first kappa shape index (κ1) is 11.2. The summed E-state index contributed by atoms with van der Waals surface area (Å²) in [7, 11) is 0. The molecule has 1 heterocycles. The molecular weight excluding hydrogens is 248 g/mol. The van der Waals surface area contributed by atoms with Gasteiger partial charge in [-0.2, -0.15) is 0 Å². The molecule has 0 bridgehead atoms. The molecule has 2 atom stereocenters. The van der Waals surface area contributed by atoms with Crippen LogP contribution in [0.4, 0.5) is 0 Å². The van der Waals surface area contributed by atoms with Gasteiger partial charge in [0.05, 0.1) is 3.79 Å². The van der Waals surface area contributed by atoms with Crippen LogP contribution in [0.5, 0.6) is 0 Å². The zero-order chi connectivity index (χ0) is 9.84.